The topological polar surface area (TPSA) is 68.1 Å². The number of aryl methyl sites for hydroxylation is 2. The smallest absolute Gasteiger partial charge is 0.223 e. The number of rotatable bonds is 5. The summed E-state index contributed by atoms with van der Waals surface area (Å²) in [7, 11) is -1.97. The third-order valence-electron chi connectivity index (χ3n) is 4.60. The van der Waals surface area contributed by atoms with Gasteiger partial charge < -0.3 is 0 Å². The molecule has 1 unspecified atom stereocenters. The summed E-state index contributed by atoms with van der Waals surface area (Å²) in [6, 6.07) is 12.8. The lowest BCUT2D eigenvalue weighted by atomic mass is 10.1. The molecular weight excluding hydrogens is 348 g/mol. The molecule has 3 rings (SSSR count). The zero-order chi connectivity index (χ0) is 18.9. The fourth-order valence-corrected chi connectivity index (χ4v) is 4.46. The second-order valence-electron chi connectivity index (χ2n) is 6.40. The molecule has 3 aromatic rings. The molecule has 0 N–H and O–H groups in total. The highest BCUT2D eigenvalue weighted by atomic mass is 32.2. The van der Waals surface area contributed by atoms with Gasteiger partial charge in [-0.05, 0) is 55.7 Å². The van der Waals surface area contributed by atoms with Gasteiger partial charge in [0.1, 0.15) is 12.7 Å². The average Bonchev–Trinajstić information content (AvgIpc) is 3.17. The Morgan fingerprint density at radius 2 is 1.77 bits per heavy atom. The molecule has 1 heterocycles. The minimum absolute atomic E-state index is 0.301. The minimum atomic E-state index is -3.59. The highest BCUT2D eigenvalue weighted by Gasteiger charge is 2.27. The van der Waals surface area contributed by atoms with Crippen LogP contribution in [0.25, 0.3) is 5.69 Å². The Morgan fingerprint density at radius 3 is 2.38 bits per heavy atom. The summed E-state index contributed by atoms with van der Waals surface area (Å²) < 4.78 is 29.2. The van der Waals surface area contributed by atoms with Crippen LogP contribution in [0.3, 0.4) is 0 Å². The van der Waals surface area contributed by atoms with Crippen LogP contribution in [0.1, 0.15) is 29.7 Å². The van der Waals surface area contributed by atoms with E-state index in [1.54, 1.807) is 24.1 Å². The van der Waals surface area contributed by atoms with E-state index < -0.39 is 10.0 Å². The minimum Gasteiger partial charge on any atom is -0.223 e. The SMILES string of the molecule is Cc1ccc(C)c(S(=O)(=O)N(C)C(C)c2ccc(-n3cncn3)cc2)c1. The summed E-state index contributed by atoms with van der Waals surface area (Å²) >= 11 is 0. The van der Waals surface area contributed by atoms with E-state index in [1.165, 1.54) is 10.6 Å². The summed E-state index contributed by atoms with van der Waals surface area (Å²) in [5.41, 5.74) is 3.45. The highest BCUT2D eigenvalue weighted by molar-refractivity contribution is 7.89. The largest absolute Gasteiger partial charge is 0.243 e. The molecule has 1 aromatic heterocycles. The Bertz CT molecular complexity index is 997. The second-order valence-corrected chi connectivity index (χ2v) is 8.36. The third-order valence-corrected chi connectivity index (χ3v) is 6.68. The average molecular weight is 370 g/mol. The van der Waals surface area contributed by atoms with E-state index in [9.17, 15) is 8.42 Å². The van der Waals surface area contributed by atoms with E-state index in [0.717, 1.165) is 22.4 Å². The van der Waals surface area contributed by atoms with Crippen LogP contribution in [0.15, 0.2) is 60.0 Å². The van der Waals surface area contributed by atoms with Crippen molar-refractivity contribution in [3.05, 3.63) is 71.8 Å². The molecular formula is C19H22N4O2S. The standard InChI is InChI=1S/C19H22N4O2S/c1-14-5-6-15(2)19(11-14)26(24,25)22(4)16(3)17-7-9-18(10-8-17)23-13-20-12-21-23/h5-13,16H,1-4H3. The second kappa shape index (κ2) is 7.01. The van der Waals surface area contributed by atoms with Crippen molar-refractivity contribution >= 4 is 10.0 Å². The van der Waals surface area contributed by atoms with E-state index in [0.29, 0.717) is 4.90 Å². The number of nitrogens with zero attached hydrogens (tertiary/aromatic N) is 4. The van der Waals surface area contributed by atoms with Crippen molar-refractivity contribution in [2.24, 2.45) is 0 Å². The van der Waals surface area contributed by atoms with Gasteiger partial charge in [0.15, 0.2) is 0 Å². The van der Waals surface area contributed by atoms with Crippen molar-refractivity contribution in [3.63, 3.8) is 0 Å². The number of aromatic nitrogens is 3. The monoisotopic (exact) mass is 370 g/mol. The van der Waals surface area contributed by atoms with Crippen LogP contribution in [-0.2, 0) is 10.0 Å². The van der Waals surface area contributed by atoms with Gasteiger partial charge in [-0.1, -0.05) is 24.3 Å². The number of benzene rings is 2. The molecule has 26 heavy (non-hydrogen) atoms. The maximum absolute atomic E-state index is 13.1. The van der Waals surface area contributed by atoms with Crippen LogP contribution in [0.2, 0.25) is 0 Å². The Balaban J connectivity index is 1.89. The van der Waals surface area contributed by atoms with Gasteiger partial charge in [0.2, 0.25) is 10.0 Å². The molecule has 0 aliphatic carbocycles. The maximum Gasteiger partial charge on any atom is 0.243 e. The van der Waals surface area contributed by atoms with E-state index in [1.807, 2.05) is 57.2 Å². The molecule has 0 amide bonds. The fourth-order valence-electron chi connectivity index (χ4n) is 2.81. The fraction of sp³-hybridized carbons (Fsp3) is 0.263. The summed E-state index contributed by atoms with van der Waals surface area (Å²) in [4.78, 5) is 4.28. The van der Waals surface area contributed by atoms with Gasteiger partial charge >= 0.3 is 0 Å². The molecule has 0 spiro atoms. The van der Waals surface area contributed by atoms with Gasteiger partial charge in [-0.2, -0.15) is 9.40 Å². The van der Waals surface area contributed by atoms with Crippen LogP contribution < -0.4 is 0 Å². The van der Waals surface area contributed by atoms with Crippen molar-refractivity contribution in [1.82, 2.24) is 19.1 Å². The van der Waals surface area contributed by atoms with Gasteiger partial charge in [-0.25, -0.2) is 18.1 Å². The number of hydrogen-bond donors (Lipinski definition) is 0. The lowest BCUT2D eigenvalue weighted by molar-refractivity contribution is 0.398. The van der Waals surface area contributed by atoms with Crippen LogP contribution in [0, 0.1) is 13.8 Å². The van der Waals surface area contributed by atoms with Crippen molar-refractivity contribution < 1.29 is 8.42 Å². The third kappa shape index (κ3) is 3.40. The summed E-state index contributed by atoms with van der Waals surface area (Å²) in [6.07, 6.45) is 3.09. The Morgan fingerprint density at radius 1 is 1.08 bits per heavy atom. The van der Waals surface area contributed by atoms with Gasteiger partial charge in [0, 0.05) is 13.1 Å². The molecule has 0 fully saturated rings. The lowest BCUT2D eigenvalue weighted by Crippen LogP contribution is -2.30. The Labute approximate surface area is 154 Å². The molecule has 136 valence electrons. The first-order chi connectivity index (χ1) is 12.3. The van der Waals surface area contributed by atoms with E-state index in [2.05, 4.69) is 10.1 Å². The summed E-state index contributed by atoms with van der Waals surface area (Å²) in [6.45, 7) is 5.59. The van der Waals surface area contributed by atoms with Crippen LogP contribution in [0.5, 0.6) is 0 Å². The van der Waals surface area contributed by atoms with Gasteiger partial charge in [0.25, 0.3) is 0 Å². The van der Waals surface area contributed by atoms with Crippen molar-refractivity contribution in [1.29, 1.82) is 0 Å². The zero-order valence-corrected chi connectivity index (χ0v) is 16.1. The van der Waals surface area contributed by atoms with E-state index >= 15 is 0 Å². The number of hydrogen-bond acceptors (Lipinski definition) is 4. The first kappa shape index (κ1) is 18.3. The van der Waals surface area contributed by atoms with Crippen LogP contribution in [-0.4, -0.2) is 34.5 Å². The molecule has 0 radical (unpaired) electrons. The van der Waals surface area contributed by atoms with Crippen molar-refractivity contribution in [2.45, 2.75) is 31.7 Å². The Hall–Kier alpha value is -2.51. The molecule has 0 aliphatic rings. The highest BCUT2D eigenvalue weighted by Crippen LogP contribution is 2.28. The molecule has 6 nitrogen and oxygen atoms in total. The number of sulfonamides is 1. The zero-order valence-electron chi connectivity index (χ0n) is 15.3. The first-order valence-electron chi connectivity index (χ1n) is 8.31. The lowest BCUT2D eigenvalue weighted by Gasteiger charge is -2.25. The molecule has 2 aromatic carbocycles. The summed E-state index contributed by atoms with van der Waals surface area (Å²) in [5, 5.41) is 4.09. The molecule has 0 saturated carbocycles. The summed E-state index contributed by atoms with van der Waals surface area (Å²) in [5.74, 6) is 0. The molecule has 0 bridgehead atoms. The van der Waals surface area contributed by atoms with Crippen molar-refractivity contribution in [3.8, 4) is 5.69 Å². The maximum atomic E-state index is 13.1. The molecule has 0 aliphatic heterocycles. The predicted molar refractivity (Wildman–Crippen MR) is 101 cm³/mol. The molecule has 1 atom stereocenters. The van der Waals surface area contributed by atoms with E-state index in [-0.39, 0.29) is 6.04 Å². The quantitative estimate of drug-likeness (QED) is 0.691. The molecule has 7 heteroatoms. The Kier molecular flexibility index (Phi) is 4.93. The predicted octanol–water partition coefficient (Wildman–Crippen LogP) is 3.27. The van der Waals surface area contributed by atoms with Crippen LogP contribution >= 0.6 is 0 Å². The van der Waals surface area contributed by atoms with E-state index in [4.69, 9.17) is 0 Å². The normalized spacial score (nSPS) is 13.1. The van der Waals surface area contributed by atoms with Gasteiger partial charge in [-0.3, -0.25) is 0 Å². The van der Waals surface area contributed by atoms with Gasteiger partial charge in [0.05, 0.1) is 10.6 Å². The molecule has 0 saturated heterocycles. The first-order valence-corrected chi connectivity index (χ1v) is 9.75. The van der Waals surface area contributed by atoms with Crippen molar-refractivity contribution in [2.75, 3.05) is 7.05 Å². The van der Waals surface area contributed by atoms with Crippen LogP contribution in [0.4, 0.5) is 0 Å². The van der Waals surface area contributed by atoms with Gasteiger partial charge in [-0.15, -0.1) is 0 Å².